The number of hydrogen-bond acceptors (Lipinski definition) is 4. The second-order valence-corrected chi connectivity index (χ2v) is 6.78. The summed E-state index contributed by atoms with van der Waals surface area (Å²) >= 11 is 0. The molecule has 1 aliphatic heterocycles. The summed E-state index contributed by atoms with van der Waals surface area (Å²) in [7, 11) is 1.43. The second-order valence-electron chi connectivity index (χ2n) is 6.78. The van der Waals surface area contributed by atoms with Crippen molar-refractivity contribution in [2.45, 2.75) is 45.6 Å². The number of carbonyl (C=O) groups excluding carboxylic acids is 2. The molecule has 0 aromatic heterocycles. The molecule has 1 amide bonds. The Morgan fingerprint density at radius 1 is 1.26 bits per heavy atom. The Kier molecular flexibility index (Phi) is 3.49. The number of ether oxygens (including phenoxy) is 2. The summed E-state index contributed by atoms with van der Waals surface area (Å²) in [4.78, 5) is 25.1. The predicted molar refractivity (Wildman–Crippen MR) is 69.6 cm³/mol. The fraction of sp³-hybridized carbons (Fsp3) is 0.857. The fourth-order valence-electron chi connectivity index (χ4n) is 3.07. The molecule has 19 heavy (non-hydrogen) atoms. The highest BCUT2D eigenvalue weighted by Crippen LogP contribution is 2.52. The first-order valence-corrected chi connectivity index (χ1v) is 6.80. The molecule has 1 saturated heterocycles. The highest BCUT2D eigenvalue weighted by atomic mass is 16.6. The molecule has 0 N–H and O–H groups in total. The highest BCUT2D eigenvalue weighted by Gasteiger charge is 2.52. The summed E-state index contributed by atoms with van der Waals surface area (Å²) in [6, 6.07) is 0. The molecule has 1 spiro atoms. The lowest BCUT2D eigenvalue weighted by atomic mass is 9.61. The van der Waals surface area contributed by atoms with Crippen molar-refractivity contribution in [3.05, 3.63) is 0 Å². The number of esters is 1. The number of rotatable bonds is 1. The summed E-state index contributed by atoms with van der Waals surface area (Å²) in [5, 5.41) is 0. The van der Waals surface area contributed by atoms with Crippen molar-refractivity contribution in [2.75, 3.05) is 20.2 Å². The number of hydrogen-bond donors (Lipinski definition) is 0. The van der Waals surface area contributed by atoms with Crippen molar-refractivity contribution >= 4 is 12.1 Å². The summed E-state index contributed by atoms with van der Waals surface area (Å²) < 4.78 is 10.1. The van der Waals surface area contributed by atoms with Gasteiger partial charge in [0, 0.05) is 13.1 Å². The lowest BCUT2D eigenvalue weighted by Crippen LogP contribution is -2.44. The van der Waals surface area contributed by atoms with E-state index in [1.807, 2.05) is 20.8 Å². The third-order valence-electron chi connectivity index (χ3n) is 3.98. The summed E-state index contributed by atoms with van der Waals surface area (Å²) in [5.74, 6) is -0.107. The van der Waals surface area contributed by atoms with E-state index in [2.05, 4.69) is 0 Å². The first kappa shape index (κ1) is 14.2. The van der Waals surface area contributed by atoms with Gasteiger partial charge in [-0.1, -0.05) is 0 Å². The van der Waals surface area contributed by atoms with Crippen LogP contribution in [-0.2, 0) is 14.3 Å². The predicted octanol–water partition coefficient (Wildman–Crippen LogP) is 2.20. The zero-order valence-electron chi connectivity index (χ0n) is 12.2. The van der Waals surface area contributed by atoms with Crippen LogP contribution in [0.2, 0.25) is 0 Å². The molecule has 108 valence electrons. The molecule has 1 heterocycles. The van der Waals surface area contributed by atoms with Crippen molar-refractivity contribution < 1.29 is 19.1 Å². The van der Waals surface area contributed by atoms with E-state index >= 15 is 0 Å². The monoisotopic (exact) mass is 269 g/mol. The minimum Gasteiger partial charge on any atom is -0.469 e. The second kappa shape index (κ2) is 4.69. The molecule has 0 radical (unpaired) electrons. The molecule has 1 aliphatic carbocycles. The van der Waals surface area contributed by atoms with Crippen LogP contribution >= 0.6 is 0 Å². The normalized spacial score (nSPS) is 30.1. The van der Waals surface area contributed by atoms with Crippen LogP contribution in [0.25, 0.3) is 0 Å². The zero-order valence-corrected chi connectivity index (χ0v) is 12.2. The lowest BCUT2D eigenvalue weighted by molar-refractivity contribution is -0.153. The maximum atomic E-state index is 12.0. The van der Waals surface area contributed by atoms with Crippen molar-refractivity contribution in [3.8, 4) is 0 Å². The van der Waals surface area contributed by atoms with Gasteiger partial charge in [0.2, 0.25) is 0 Å². The minimum atomic E-state index is -0.457. The Labute approximate surface area is 114 Å². The van der Waals surface area contributed by atoms with Crippen LogP contribution in [0.1, 0.15) is 40.0 Å². The fourth-order valence-corrected chi connectivity index (χ4v) is 3.07. The van der Waals surface area contributed by atoms with Gasteiger partial charge in [0.05, 0.1) is 13.0 Å². The van der Waals surface area contributed by atoms with E-state index in [0.717, 1.165) is 25.8 Å². The maximum Gasteiger partial charge on any atom is 0.410 e. The molecule has 2 fully saturated rings. The first-order valence-electron chi connectivity index (χ1n) is 6.80. The Morgan fingerprint density at radius 2 is 1.89 bits per heavy atom. The number of methoxy groups -OCH3 is 1. The SMILES string of the molecule is COC(=O)C1CC2(CCN(C(=O)OC(C)(C)C)C2)C1. The van der Waals surface area contributed by atoms with Gasteiger partial charge >= 0.3 is 12.1 Å². The van der Waals surface area contributed by atoms with Gasteiger partial charge < -0.3 is 14.4 Å². The van der Waals surface area contributed by atoms with Crippen molar-refractivity contribution in [1.29, 1.82) is 0 Å². The number of nitrogens with zero attached hydrogens (tertiary/aromatic N) is 1. The number of likely N-dealkylation sites (tertiary alicyclic amines) is 1. The van der Waals surface area contributed by atoms with Gasteiger partial charge in [-0.05, 0) is 45.4 Å². The van der Waals surface area contributed by atoms with Gasteiger partial charge in [-0.3, -0.25) is 4.79 Å². The van der Waals surface area contributed by atoms with E-state index in [4.69, 9.17) is 9.47 Å². The standard InChI is InChI=1S/C14H23NO4/c1-13(2,3)19-12(17)15-6-5-14(9-15)7-10(8-14)11(16)18-4/h10H,5-9H2,1-4H3. The molecule has 0 unspecified atom stereocenters. The number of amides is 1. The van der Waals surface area contributed by atoms with Crippen molar-refractivity contribution in [2.24, 2.45) is 11.3 Å². The summed E-state index contributed by atoms with van der Waals surface area (Å²) in [6.45, 7) is 7.03. The maximum absolute atomic E-state index is 12.0. The Balaban J connectivity index is 1.85. The number of carbonyl (C=O) groups is 2. The smallest absolute Gasteiger partial charge is 0.410 e. The highest BCUT2D eigenvalue weighted by molar-refractivity contribution is 5.74. The van der Waals surface area contributed by atoms with Crippen LogP contribution in [0.4, 0.5) is 4.79 Å². The summed E-state index contributed by atoms with van der Waals surface area (Å²) in [6.07, 6.45) is 2.38. The quantitative estimate of drug-likeness (QED) is 0.685. The van der Waals surface area contributed by atoms with Gasteiger partial charge in [0.1, 0.15) is 5.60 Å². The van der Waals surface area contributed by atoms with E-state index in [0.29, 0.717) is 6.54 Å². The Morgan fingerprint density at radius 3 is 2.42 bits per heavy atom. The van der Waals surface area contributed by atoms with Crippen LogP contribution in [0, 0.1) is 11.3 Å². The van der Waals surface area contributed by atoms with Crippen molar-refractivity contribution in [1.82, 2.24) is 4.90 Å². The van der Waals surface area contributed by atoms with Crippen LogP contribution in [0.3, 0.4) is 0 Å². The average Bonchev–Trinajstić information content (AvgIpc) is 2.68. The Bertz CT molecular complexity index is 379. The Hall–Kier alpha value is -1.26. The molecule has 2 rings (SSSR count). The van der Waals surface area contributed by atoms with Crippen LogP contribution in [-0.4, -0.2) is 42.8 Å². The average molecular weight is 269 g/mol. The molecule has 5 nitrogen and oxygen atoms in total. The van der Waals surface area contributed by atoms with E-state index < -0.39 is 5.60 Å². The molecular formula is C14H23NO4. The van der Waals surface area contributed by atoms with Crippen molar-refractivity contribution in [3.63, 3.8) is 0 Å². The molecule has 0 aromatic carbocycles. The summed E-state index contributed by atoms with van der Waals surface area (Å²) in [5.41, 5.74) is -0.337. The van der Waals surface area contributed by atoms with Crippen LogP contribution in [0.5, 0.6) is 0 Å². The van der Waals surface area contributed by atoms with Gasteiger partial charge in [0.15, 0.2) is 0 Å². The topological polar surface area (TPSA) is 55.8 Å². The molecule has 1 saturated carbocycles. The van der Waals surface area contributed by atoms with E-state index in [-0.39, 0.29) is 23.4 Å². The lowest BCUT2D eigenvalue weighted by Gasteiger charge is -2.43. The molecule has 2 aliphatic rings. The van der Waals surface area contributed by atoms with E-state index in [1.165, 1.54) is 7.11 Å². The zero-order chi connectivity index (χ0) is 14.3. The van der Waals surface area contributed by atoms with Gasteiger partial charge in [0.25, 0.3) is 0 Å². The molecule has 5 heteroatoms. The van der Waals surface area contributed by atoms with Crippen LogP contribution < -0.4 is 0 Å². The third-order valence-corrected chi connectivity index (χ3v) is 3.98. The van der Waals surface area contributed by atoms with Gasteiger partial charge in [-0.2, -0.15) is 0 Å². The van der Waals surface area contributed by atoms with E-state index in [9.17, 15) is 9.59 Å². The van der Waals surface area contributed by atoms with Gasteiger partial charge in [-0.15, -0.1) is 0 Å². The third kappa shape index (κ3) is 3.01. The van der Waals surface area contributed by atoms with Gasteiger partial charge in [-0.25, -0.2) is 4.79 Å². The minimum absolute atomic E-state index is 0.0172. The molecule has 0 aromatic rings. The van der Waals surface area contributed by atoms with E-state index in [1.54, 1.807) is 4.90 Å². The molecule has 0 bridgehead atoms. The molecule has 0 atom stereocenters. The largest absolute Gasteiger partial charge is 0.469 e. The molecular weight excluding hydrogens is 246 g/mol. The van der Waals surface area contributed by atoms with Crippen LogP contribution in [0.15, 0.2) is 0 Å². The first-order chi connectivity index (χ1) is 8.75.